The van der Waals surface area contributed by atoms with Crippen LogP contribution in [0.4, 0.5) is 0 Å². The molecule has 0 fully saturated rings. The number of amides is 1. The van der Waals surface area contributed by atoms with Crippen molar-refractivity contribution in [2.24, 2.45) is 5.73 Å². The van der Waals surface area contributed by atoms with Crippen LogP contribution in [-0.2, 0) is 17.8 Å². The fourth-order valence-corrected chi connectivity index (χ4v) is 3.30. The van der Waals surface area contributed by atoms with Crippen molar-refractivity contribution in [3.63, 3.8) is 0 Å². The lowest BCUT2D eigenvalue weighted by atomic mass is 10.3. The number of benzene rings is 3. The average Bonchev–Trinajstić information content (AvgIpc) is 3.10. The first-order chi connectivity index (χ1) is 15.1. The summed E-state index contributed by atoms with van der Waals surface area (Å²) in [5.41, 5.74) is 6.94. The van der Waals surface area contributed by atoms with Crippen molar-refractivity contribution in [3.8, 4) is 17.2 Å². The molecule has 4 aromatic rings. The molecule has 3 aromatic carbocycles. The zero-order chi connectivity index (χ0) is 21.6. The molecule has 31 heavy (non-hydrogen) atoms. The van der Waals surface area contributed by atoms with E-state index in [1.54, 1.807) is 12.1 Å². The van der Waals surface area contributed by atoms with E-state index in [1.165, 1.54) is 0 Å². The molecule has 3 N–H and O–H groups in total. The standard InChI is InChI=1S/C24H23N3O4/c25-23(29)14-24-26-21-8-4-5-9-22(21)27(24)15-17(28)16-30-18-10-12-20(13-11-18)31-19-6-2-1-3-7-19/h1-13,17,28H,14-16H2,(H2,25,29)/t17-/m1/s1. The molecule has 7 heteroatoms. The number of nitrogens with zero attached hydrogens (tertiary/aromatic N) is 2. The Morgan fingerprint density at radius 3 is 2.32 bits per heavy atom. The highest BCUT2D eigenvalue weighted by Crippen LogP contribution is 2.24. The molecule has 7 nitrogen and oxygen atoms in total. The molecule has 4 rings (SSSR count). The lowest BCUT2D eigenvalue weighted by molar-refractivity contribution is -0.117. The molecular weight excluding hydrogens is 394 g/mol. The highest BCUT2D eigenvalue weighted by Gasteiger charge is 2.16. The Morgan fingerprint density at radius 2 is 1.58 bits per heavy atom. The van der Waals surface area contributed by atoms with Crippen LogP contribution >= 0.6 is 0 Å². The van der Waals surface area contributed by atoms with Crippen LogP contribution in [0.3, 0.4) is 0 Å². The number of nitrogens with two attached hydrogens (primary N) is 1. The van der Waals surface area contributed by atoms with Crippen molar-refractivity contribution < 1.29 is 19.4 Å². The zero-order valence-electron chi connectivity index (χ0n) is 16.8. The minimum Gasteiger partial charge on any atom is -0.491 e. The molecule has 0 aliphatic heterocycles. The Bertz CT molecular complexity index is 1160. The number of carbonyl (C=O) groups is 1. The third-order valence-electron chi connectivity index (χ3n) is 4.70. The number of aliphatic hydroxyl groups excluding tert-OH is 1. The molecule has 0 aliphatic carbocycles. The van der Waals surface area contributed by atoms with Gasteiger partial charge < -0.3 is 24.9 Å². The Morgan fingerprint density at radius 1 is 0.935 bits per heavy atom. The van der Waals surface area contributed by atoms with Gasteiger partial charge in [0, 0.05) is 0 Å². The quantitative estimate of drug-likeness (QED) is 0.435. The fraction of sp³-hybridized carbons (Fsp3) is 0.167. The van der Waals surface area contributed by atoms with Gasteiger partial charge in [-0.1, -0.05) is 30.3 Å². The van der Waals surface area contributed by atoms with Crippen LogP contribution in [0.1, 0.15) is 5.82 Å². The summed E-state index contributed by atoms with van der Waals surface area (Å²) in [6.07, 6.45) is -0.796. The van der Waals surface area contributed by atoms with E-state index in [4.69, 9.17) is 15.2 Å². The molecule has 0 radical (unpaired) electrons. The number of rotatable bonds is 9. The number of hydrogen-bond acceptors (Lipinski definition) is 5. The summed E-state index contributed by atoms with van der Waals surface area (Å²) in [6.45, 7) is 0.319. The monoisotopic (exact) mass is 417 g/mol. The average molecular weight is 417 g/mol. The topological polar surface area (TPSA) is 99.6 Å². The number of primary amides is 1. The molecule has 0 bridgehead atoms. The highest BCUT2D eigenvalue weighted by molar-refractivity contribution is 5.80. The van der Waals surface area contributed by atoms with Crippen LogP contribution in [0.25, 0.3) is 11.0 Å². The first kappa shape index (κ1) is 20.4. The van der Waals surface area contributed by atoms with Gasteiger partial charge in [-0.3, -0.25) is 4.79 Å². The Kier molecular flexibility index (Phi) is 6.14. The predicted molar refractivity (Wildman–Crippen MR) is 117 cm³/mol. The molecule has 0 saturated heterocycles. The normalized spacial score (nSPS) is 11.9. The minimum absolute atomic E-state index is 0.00509. The van der Waals surface area contributed by atoms with Crippen LogP contribution < -0.4 is 15.2 Å². The van der Waals surface area contributed by atoms with Gasteiger partial charge in [-0.2, -0.15) is 0 Å². The van der Waals surface area contributed by atoms with Gasteiger partial charge in [0.05, 0.1) is 24.0 Å². The molecule has 0 unspecified atom stereocenters. The summed E-state index contributed by atoms with van der Waals surface area (Å²) in [6, 6.07) is 24.2. The maximum atomic E-state index is 11.4. The largest absolute Gasteiger partial charge is 0.491 e. The van der Waals surface area contributed by atoms with Gasteiger partial charge in [0.15, 0.2) is 0 Å². The number of hydrogen-bond donors (Lipinski definition) is 2. The SMILES string of the molecule is NC(=O)Cc1nc2ccccc2n1C[C@@H](O)COc1ccc(Oc2ccccc2)cc1. The number of para-hydroxylation sites is 3. The van der Waals surface area contributed by atoms with E-state index in [0.29, 0.717) is 17.3 Å². The summed E-state index contributed by atoms with van der Waals surface area (Å²) < 4.78 is 13.3. The Balaban J connectivity index is 1.38. The Labute approximate surface area is 179 Å². The minimum atomic E-state index is -0.801. The summed E-state index contributed by atoms with van der Waals surface area (Å²) in [4.78, 5) is 15.9. The van der Waals surface area contributed by atoms with Gasteiger partial charge in [0.2, 0.25) is 5.91 Å². The van der Waals surface area contributed by atoms with Gasteiger partial charge in [0.1, 0.15) is 35.8 Å². The first-order valence-corrected chi connectivity index (χ1v) is 9.95. The van der Waals surface area contributed by atoms with Crippen molar-refractivity contribution in [1.29, 1.82) is 0 Å². The molecule has 0 spiro atoms. The van der Waals surface area contributed by atoms with Crippen LogP contribution in [0.2, 0.25) is 0 Å². The summed E-state index contributed by atoms with van der Waals surface area (Å²) >= 11 is 0. The van der Waals surface area contributed by atoms with E-state index in [9.17, 15) is 9.90 Å². The molecule has 1 atom stereocenters. The van der Waals surface area contributed by atoms with Gasteiger partial charge in [-0.05, 0) is 48.5 Å². The maximum absolute atomic E-state index is 11.4. The second kappa shape index (κ2) is 9.32. The van der Waals surface area contributed by atoms with Crippen LogP contribution in [0.5, 0.6) is 17.2 Å². The Hall–Kier alpha value is -3.84. The van der Waals surface area contributed by atoms with Crippen LogP contribution in [-0.4, -0.2) is 33.3 Å². The van der Waals surface area contributed by atoms with E-state index >= 15 is 0 Å². The molecule has 0 aliphatic rings. The van der Waals surface area contributed by atoms with Crippen molar-refractivity contribution in [3.05, 3.63) is 84.7 Å². The van der Waals surface area contributed by atoms with Crippen molar-refractivity contribution in [2.75, 3.05) is 6.61 Å². The van der Waals surface area contributed by atoms with E-state index in [-0.39, 0.29) is 19.6 Å². The van der Waals surface area contributed by atoms with Crippen LogP contribution in [0.15, 0.2) is 78.9 Å². The fourth-order valence-electron chi connectivity index (χ4n) is 3.30. The molecule has 158 valence electrons. The third-order valence-corrected chi connectivity index (χ3v) is 4.70. The van der Waals surface area contributed by atoms with Crippen molar-refractivity contribution in [2.45, 2.75) is 19.1 Å². The number of aromatic nitrogens is 2. The number of aliphatic hydroxyl groups is 1. The smallest absolute Gasteiger partial charge is 0.225 e. The molecule has 0 saturated carbocycles. The number of imidazole rings is 1. The lowest BCUT2D eigenvalue weighted by Gasteiger charge is -2.15. The van der Waals surface area contributed by atoms with Crippen molar-refractivity contribution >= 4 is 16.9 Å². The van der Waals surface area contributed by atoms with E-state index in [2.05, 4.69) is 4.98 Å². The maximum Gasteiger partial charge on any atom is 0.225 e. The van der Waals surface area contributed by atoms with Crippen molar-refractivity contribution in [1.82, 2.24) is 9.55 Å². The van der Waals surface area contributed by atoms with E-state index < -0.39 is 12.0 Å². The van der Waals surface area contributed by atoms with E-state index in [0.717, 1.165) is 16.8 Å². The van der Waals surface area contributed by atoms with Gasteiger partial charge in [0.25, 0.3) is 0 Å². The molecule has 1 aromatic heterocycles. The van der Waals surface area contributed by atoms with Crippen LogP contribution in [0, 0.1) is 0 Å². The van der Waals surface area contributed by atoms with Gasteiger partial charge >= 0.3 is 0 Å². The third kappa shape index (κ3) is 5.21. The van der Waals surface area contributed by atoms with Gasteiger partial charge in [-0.15, -0.1) is 0 Å². The zero-order valence-corrected chi connectivity index (χ0v) is 16.8. The number of ether oxygens (including phenoxy) is 2. The number of fused-ring (bicyclic) bond motifs is 1. The highest BCUT2D eigenvalue weighted by atomic mass is 16.5. The number of carbonyl (C=O) groups excluding carboxylic acids is 1. The molecular formula is C24H23N3O4. The predicted octanol–water partition coefficient (Wildman–Crippen LogP) is 3.30. The lowest BCUT2D eigenvalue weighted by Crippen LogP contribution is -2.26. The van der Waals surface area contributed by atoms with Gasteiger partial charge in [-0.25, -0.2) is 4.98 Å². The summed E-state index contributed by atoms with van der Waals surface area (Å²) in [5.74, 6) is 2.12. The molecule has 1 amide bonds. The second-order valence-corrected chi connectivity index (χ2v) is 7.12. The summed E-state index contributed by atoms with van der Waals surface area (Å²) in [7, 11) is 0. The second-order valence-electron chi connectivity index (χ2n) is 7.12. The first-order valence-electron chi connectivity index (χ1n) is 9.95. The summed E-state index contributed by atoms with van der Waals surface area (Å²) in [5, 5.41) is 10.5. The molecule has 1 heterocycles. The van der Waals surface area contributed by atoms with E-state index in [1.807, 2.05) is 71.3 Å².